The first-order valence-electron chi connectivity index (χ1n) is 5.66. The Hall–Kier alpha value is -1.68. The maximum absolute atomic E-state index is 13.7. The largest absolute Gasteiger partial charge is 0.323 e. The van der Waals surface area contributed by atoms with E-state index in [2.05, 4.69) is 24.3 Å². The van der Waals surface area contributed by atoms with E-state index in [0.29, 0.717) is 22.5 Å². The number of nitrogens with zero attached hydrogens (tertiary/aromatic N) is 1. The van der Waals surface area contributed by atoms with Crippen LogP contribution in [0, 0.1) is 11.7 Å². The number of nitrogens with two attached hydrogens (primary N) is 1. The van der Waals surface area contributed by atoms with Gasteiger partial charge in [0.25, 0.3) is 0 Å². The van der Waals surface area contributed by atoms with E-state index < -0.39 is 0 Å². The first kappa shape index (κ1) is 11.8. The molecule has 2 aromatic rings. The molecule has 0 unspecified atom stereocenters. The van der Waals surface area contributed by atoms with Crippen LogP contribution in [0.3, 0.4) is 0 Å². The maximum atomic E-state index is 13.7. The normalized spacial score (nSPS) is 11.1. The number of aromatic nitrogens is 1. The van der Waals surface area contributed by atoms with Crippen molar-refractivity contribution in [2.75, 3.05) is 5.43 Å². The van der Waals surface area contributed by atoms with E-state index in [9.17, 15) is 4.39 Å². The predicted molar refractivity (Wildman–Crippen MR) is 68.1 cm³/mol. The third kappa shape index (κ3) is 2.36. The van der Waals surface area contributed by atoms with Crippen LogP contribution in [0.4, 0.5) is 10.1 Å². The Bertz CT molecular complexity index is 537. The van der Waals surface area contributed by atoms with Crippen LogP contribution in [0.25, 0.3) is 10.9 Å². The molecule has 4 heteroatoms. The van der Waals surface area contributed by atoms with Crippen LogP contribution >= 0.6 is 0 Å². The molecule has 17 heavy (non-hydrogen) atoms. The van der Waals surface area contributed by atoms with E-state index in [-0.39, 0.29) is 5.82 Å². The van der Waals surface area contributed by atoms with E-state index >= 15 is 0 Å². The Morgan fingerprint density at radius 2 is 2.18 bits per heavy atom. The van der Waals surface area contributed by atoms with Gasteiger partial charge >= 0.3 is 0 Å². The van der Waals surface area contributed by atoms with Crippen molar-refractivity contribution in [1.82, 2.24) is 4.98 Å². The van der Waals surface area contributed by atoms with E-state index in [1.165, 1.54) is 6.07 Å². The molecule has 1 aromatic heterocycles. The Morgan fingerprint density at radius 1 is 1.41 bits per heavy atom. The van der Waals surface area contributed by atoms with Gasteiger partial charge in [0.2, 0.25) is 0 Å². The average molecular weight is 233 g/mol. The smallest absolute Gasteiger partial charge is 0.149 e. The van der Waals surface area contributed by atoms with E-state index in [1.54, 1.807) is 12.1 Å². The number of hydrazine groups is 1. The third-order valence-electron chi connectivity index (χ3n) is 2.62. The van der Waals surface area contributed by atoms with Crippen LogP contribution in [0.2, 0.25) is 0 Å². The fourth-order valence-corrected chi connectivity index (χ4v) is 1.91. The molecule has 0 aliphatic rings. The standard InChI is InChI=1S/C13H16FN3/c1-8(2)6-9-7-12(17-15)10-4-3-5-11(14)13(10)16-9/h3-5,7-8H,6,15H2,1-2H3,(H,16,17). The van der Waals surface area contributed by atoms with E-state index in [1.807, 2.05) is 6.07 Å². The van der Waals surface area contributed by atoms with Gasteiger partial charge in [0.1, 0.15) is 11.3 Å². The number of hydrogen-bond donors (Lipinski definition) is 2. The highest BCUT2D eigenvalue weighted by molar-refractivity contribution is 5.91. The molecular weight excluding hydrogens is 217 g/mol. The molecule has 0 aliphatic carbocycles. The van der Waals surface area contributed by atoms with Gasteiger partial charge in [-0.1, -0.05) is 26.0 Å². The van der Waals surface area contributed by atoms with Crippen LogP contribution in [0.15, 0.2) is 24.3 Å². The SMILES string of the molecule is CC(C)Cc1cc(NN)c2cccc(F)c2n1. The third-order valence-corrected chi connectivity index (χ3v) is 2.62. The summed E-state index contributed by atoms with van der Waals surface area (Å²) in [6.07, 6.45) is 0.805. The lowest BCUT2D eigenvalue weighted by molar-refractivity contribution is 0.625. The van der Waals surface area contributed by atoms with Crippen LogP contribution in [-0.2, 0) is 6.42 Å². The number of halogens is 1. The first-order chi connectivity index (χ1) is 8.11. The second kappa shape index (κ2) is 4.67. The summed E-state index contributed by atoms with van der Waals surface area (Å²) < 4.78 is 13.7. The van der Waals surface area contributed by atoms with Crippen molar-refractivity contribution in [3.63, 3.8) is 0 Å². The van der Waals surface area contributed by atoms with Crippen molar-refractivity contribution in [2.24, 2.45) is 11.8 Å². The zero-order valence-corrected chi connectivity index (χ0v) is 10.00. The predicted octanol–water partition coefficient (Wildman–Crippen LogP) is 2.86. The molecule has 90 valence electrons. The molecule has 0 aliphatic heterocycles. The molecular formula is C13H16FN3. The summed E-state index contributed by atoms with van der Waals surface area (Å²) in [4.78, 5) is 4.35. The van der Waals surface area contributed by atoms with E-state index in [4.69, 9.17) is 5.84 Å². The van der Waals surface area contributed by atoms with Crippen molar-refractivity contribution < 1.29 is 4.39 Å². The minimum Gasteiger partial charge on any atom is -0.323 e. The number of hydrogen-bond acceptors (Lipinski definition) is 3. The van der Waals surface area contributed by atoms with Gasteiger partial charge in [0.05, 0.1) is 5.69 Å². The van der Waals surface area contributed by atoms with Crippen LogP contribution < -0.4 is 11.3 Å². The molecule has 3 N–H and O–H groups in total. The molecule has 0 bridgehead atoms. The molecule has 0 fully saturated rings. The summed E-state index contributed by atoms with van der Waals surface area (Å²) in [7, 11) is 0. The molecule has 1 aromatic carbocycles. The summed E-state index contributed by atoms with van der Waals surface area (Å²) in [5, 5.41) is 0.708. The lowest BCUT2D eigenvalue weighted by Gasteiger charge is -2.10. The first-order valence-corrected chi connectivity index (χ1v) is 5.66. The topological polar surface area (TPSA) is 50.9 Å². The lowest BCUT2D eigenvalue weighted by atomic mass is 10.1. The molecule has 1 heterocycles. The van der Waals surface area contributed by atoms with Crippen LogP contribution in [0.5, 0.6) is 0 Å². The zero-order valence-electron chi connectivity index (χ0n) is 10.00. The minimum atomic E-state index is -0.315. The molecule has 0 saturated carbocycles. The average Bonchev–Trinajstić information content (AvgIpc) is 2.28. The fraction of sp³-hybridized carbons (Fsp3) is 0.308. The molecule has 3 nitrogen and oxygen atoms in total. The van der Waals surface area contributed by atoms with Gasteiger partial charge in [-0.25, -0.2) is 9.37 Å². The highest BCUT2D eigenvalue weighted by Gasteiger charge is 2.09. The summed E-state index contributed by atoms with van der Waals surface area (Å²) in [6, 6.07) is 6.75. The molecule has 0 spiro atoms. The molecule has 0 amide bonds. The van der Waals surface area contributed by atoms with Crippen molar-refractivity contribution >= 4 is 16.6 Å². The maximum Gasteiger partial charge on any atom is 0.149 e. The quantitative estimate of drug-likeness (QED) is 0.633. The van der Waals surface area contributed by atoms with Gasteiger partial charge in [-0.3, -0.25) is 5.84 Å². The number of para-hydroxylation sites is 1. The number of nitrogen functional groups attached to an aromatic ring is 1. The van der Waals surface area contributed by atoms with Gasteiger partial charge in [0.15, 0.2) is 0 Å². The van der Waals surface area contributed by atoms with E-state index in [0.717, 1.165) is 12.1 Å². The summed E-state index contributed by atoms with van der Waals surface area (Å²) in [5.41, 5.74) is 4.54. The van der Waals surface area contributed by atoms with Crippen molar-refractivity contribution in [2.45, 2.75) is 20.3 Å². The molecule has 0 saturated heterocycles. The van der Waals surface area contributed by atoms with Gasteiger partial charge < -0.3 is 5.43 Å². The number of fused-ring (bicyclic) bond motifs is 1. The highest BCUT2D eigenvalue weighted by atomic mass is 19.1. The molecule has 0 radical (unpaired) electrons. The van der Waals surface area contributed by atoms with Crippen LogP contribution in [-0.4, -0.2) is 4.98 Å². The number of pyridine rings is 1. The Labute approximate surface area is 99.8 Å². The van der Waals surface area contributed by atoms with Crippen LogP contribution in [0.1, 0.15) is 19.5 Å². The highest BCUT2D eigenvalue weighted by Crippen LogP contribution is 2.25. The lowest BCUT2D eigenvalue weighted by Crippen LogP contribution is -2.09. The number of anilines is 1. The summed E-state index contributed by atoms with van der Waals surface area (Å²) >= 11 is 0. The monoisotopic (exact) mass is 233 g/mol. The summed E-state index contributed by atoms with van der Waals surface area (Å²) in [5.74, 6) is 5.62. The Balaban J connectivity index is 2.63. The number of rotatable bonds is 3. The molecule has 0 atom stereocenters. The number of nitrogens with one attached hydrogen (secondary N) is 1. The van der Waals surface area contributed by atoms with Gasteiger partial charge in [-0.15, -0.1) is 0 Å². The van der Waals surface area contributed by atoms with Gasteiger partial charge in [-0.05, 0) is 24.5 Å². The Morgan fingerprint density at radius 3 is 2.82 bits per heavy atom. The van der Waals surface area contributed by atoms with Gasteiger partial charge in [-0.2, -0.15) is 0 Å². The summed E-state index contributed by atoms with van der Waals surface area (Å²) in [6.45, 7) is 4.20. The van der Waals surface area contributed by atoms with Gasteiger partial charge in [0, 0.05) is 11.1 Å². The fourth-order valence-electron chi connectivity index (χ4n) is 1.91. The second-order valence-corrected chi connectivity index (χ2v) is 4.54. The number of benzene rings is 1. The Kier molecular flexibility index (Phi) is 3.24. The van der Waals surface area contributed by atoms with Crippen molar-refractivity contribution in [3.8, 4) is 0 Å². The zero-order chi connectivity index (χ0) is 12.4. The van der Waals surface area contributed by atoms with Crippen molar-refractivity contribution in [1.29, 1.82) is 0 Å². The van der Waals surface area contributed by atoms with Crippen molar-refractivity contribution in [3.05, 3.63) is 35.8 Å². The molecule has 2 rings (SSSR count). The second-order valence-electron chi connectivity index (χ2n) is 4.54. The minimum absolute atomic E-state index is 0.315.